The van der Waals surface area contributed by atoms with Crippen molar-refractivity contribution in [2.75, 3.05) is 7.11 Å². The van der Waals surface area contributed by atoms with Gasteiger partial charge in [0.1, 0.15) is 22.6 Å². The number of nitrogens with zero attached hydrogens (tertiary/aromatic N) is 2. The predicted molar refractivity (Wildman–Crippen MR) is 131 cm³/mol. The summed E-state index contributed by atoms with van der Waals surface area (Å²) in [4.78, 5) is 33.4. The van der Waals surface area contributed by atoms with Gasteiger partial charge < -0.3 is 19.2 Å². The van der Waals surface area contributed by atoms with Gasteiger partial charge in [0.05, 0.1) is 29.5 Å². The highest BCUT2D eigenvalue weighted by molar-refractivity contribution is 7.17. The third-order valence-electron chi connectivity index (χ3n) is 5.87. The van der Waals surface area contributed by atoms with Crippen molar-refractivity contribution in [3.05, 3.63) is 106 Å². The lowest BCUT2D eigenvalue weighted by molar-refractivity contribution is -0.130. The molecule has 2 aromatic carbocycles. The van der Waals surface area contributed by atoms with Crippen LogP contribution in [-0.2, 0) is 11.3 Å². The molecular weight excluding hydrogens is 464 g/mol. The second-order valence-electron chi connectivity index (χ2n) is 8.09. The molecule has 0 spiro atoms. The van der Waals surface area contributed by atoms with Crippen molar-refractivity contribution in [3.8, 4) is 16.3 Å². The second kappa shape index (κ2) is 9.23. The van der Waals surface area contributed by atoms with E-state index < -0.39 is 23.5 Å². The van der Waals surface area contributed by atoms with Gasteiger partial charge in [-0.15, -0.1) is 11.3 Å². The fourth-order valence-corrected chi connectivity index (χ4v) is 5.22. The first kappa shape index (κ1) is 22.6. The van der Waals surface area contributed by atoms with Gasteiger partial charge in [-0.25, -0.2) is 4.98 Å². The molecule has 1 unspecified atom stereocenters. The number of hydrogen-bond donors (Lipinski definition) is 1. The Morgan fingerprint density at radius 1 is 1.14 bits per heavy atom. The first-order valence-corrected chi connectivity index (χ1v) is 11.8. The number of amides is 1. The number of carbonyl (C=O) groups is 2. The van der Waals surface area contributed by atoms with Gasteiger partial charge in [0.2, 0.25) is 5.78 Å². The summed E-state index contributed by atoms with van der Waals surface area (Å²) in [6.07, 6.45) is 1.48. The molecule has 5 rings (SSSR count). The van der Waals surface area contributed by atoms with E-state index >= 15 is 0 Å². The van der Waals surface area contributed by atoms with E-state index in [1.807, 2.05) is 48.5 Å². The summed E-state index contributed by atoms with van der Waals surface area (Å²) in [5.74, 6) is -0.621. The maximum absolute atomic E-state index is 13.8. The number of ether oxygens (including phenoxy) is 1. The number of furan rings is 1. The Kier molecular flexibility index (Phi) is 5.96. The lowest BCUT2D eigenvalue weighted by atomic mass is 9.99. The van der Waals surface area contributed by atoms with Crippen molar-refractivity contribution in [3.63, 3.8) is 0 Å². The zero-order valence-corrected chi connectivity index (χ0v) is 19.9. The largest absolute Gasteiger partial charge is 0.503 e. The Balaban J connectivity index is 1.54. The van der Waals surface area contributed by atoms with Crippen molar-refractivity contribution < 1.29 is 23.8 Å². The Hall–Kier alpha value is -4.17. The van der Waals surface area contributed by atoms with Crippen LogP contribution >= 0.6 is 11.3 Å². The van der Waals surface area contributed by atoms with Crippen molar-refractivity contribution in [1.82, 2.24) is 9.88 Å². The topological polar surface area (TPSA) is 92.9 Å². The summed E-state index contributed by atoms with van der Waals surface area (Å²) < 4.78 is 10.9. The highest BCUT2D eigenvalue weighted by atomic mass is 32.1. The number of benzene rings is 2. The van der Waals surface area contributed by atoms with Gasteiger partial charge in [-0.1, -0.05) is 42.5 Å². The lowest BCUT2D eigenvalue weighted by Gasteiger charge is -2.25. The van der Waals surface area contributed by atoms with Crippen molar-refractivity contribution in [1.29, 1.82) is 0 Å². The minimum Gasteiger partial charge on any atom is -0.503 e. The molecule has 1 amide bonds. The van der Waals surface area contributed by atoms with E-state index in [1.165, 1.54) is 22.5 Å². The first-order valence-electron chi connectivity index (χ1n) is 11.0. The Bertz CT molecular complexity index is 1420. The number of carbonyl (C=O) groups excluding carboxylic acids is 2. The van der Waals surface area contributed by atoms with E-state index in [0.717, 1.165) is 11.1 Å². The summed E-state index contributed by atoms with van der Waals surface area (Å²) in [5, 5.41) is 11.6. The van der Waals surface area contributed by atoms with Gasteiger partial charge in [0.25, 0.3) is 5.91 Å². The van der Waals surface area contributed by atoms with Gasteiger partial charge in [-0.05, 0) is 36.8 Å². The summed E-state index contributed by atoms with van der Waals surface area (Å²) >= 11 is 1.24. The number of aryl methyl sites for hydroxylation is 1. The van der Waals surface area contributed by atoms with E-state index in [9.17, 15) is 14.7 Å². The number of rotatable bonds is 7. The average Bonchev–Trinajstić information content (AvgIpc) is 3.60. The van der Waals surface area contributed by atoms with Gasteiger partial charge in [0, 0.05) is 12.1 Å². The van der Waals surface area contributed by atoms with Gasteiger partial charge in [-0.3, -0.25) is 9.59 Å². The molecule has 1 atom stereocenters. The molecule has 4 aromatic rings. The maximum atomic E-state index is 13.8. The molecule has 0 radical (unpaired) electrons. The third kappa shape index (κ3) is 4.13. The summed E-state index contributed by atoms with van der Waals surface area (Å²) in [7, 11) is 1.57. The number of thiazole rings is 1. The summed E-state index contributed by atoms with van der Waals surface area (Å²) in [5.41, 5.74) is 2.20. The minimum atomic E-state index is -0.877. The van der Waals surface area contributed by atoms with E-state index in [-0.39, 0.29) is 12.1 Å². The SMILES string of the molecule is COc1cccc(CN2C(=O)C(O)=C(C(=O)c3sc(-c4ccccc4)nc3C)C2c2ccco2)c1. The van der Waals surface area contributed by atoms with Crippen LogP contribution in [0.5, 0.6) is 5.75 Å². The molecule has 0 bridgehead atoms. The van der Waals surface area contributed by atoms with E-state index in [1.54, 1.807) is 32.2 Å². The molecule has 0 saturated heterocycles. The molecule has 176 valence electrons. The fourth-order valence-electron chi connectivity index (χ4n) is 4.19. The predicted octanol–water partition coefficient (Wildman–Crippen LogP) is 5.50. The molecule has 1 aliphatic heterocycles. The highest BCUT2D eigenvalue weighted by Crippen LogP contribution is 2.42. The molecule has 2 aromatic heterocycles. The average molecular weight is 487 g/mol. The van der Waals surface area contributed by atoms with E-state index in [2.05, 4.69) is 4.98 Å². The molecule has 35 heavy (non-hydrogen) atoms. The van der Waals surface area contributed by atoms with Crippen LogP contribution in [0.1, 0.15) is 32.7 Å². The Labute approximate surface area is 205 Å². The number of aromatic nitrogens is 1. The monoisotopic (exact) mass is 486 g/mol. The number of Topliss-reactive ketones (excluding diaryl/α,β-unsaturated/α-hetero) is 1. The van der Waals surface area contributed by atoms with Gasteiger partial charge >= 0.3 is 0 Å². The molecule has 0 aliphatic carbocycles. The van der Waals surface area contributed by atoms with E-state index in [0.29, 0.717) is 27.1 Å². The first-order chi connectivity index (χ1) is 17.0. The highest BCUT2D eigenvalue weighted by Gasteiger charge is 2.46. The van der Waals surface area contributed by atoms with Crippen LogP contribution in [0, 0.1) is 6.92 Å². The smallest absolute Gasteiger partial charge is 0.290 e. The van der Waals surface area contributed by atoms with Gasteiger partial charge in [0.15, 0.2) is 5.76 Å². The number of aliphatic hydroxyl groups excluding tert-OH is 1. The van der Waals surface area contributed by atoms with Crippen LogP contribution in [0.25, 0.3) is 10.6 Å². The van der Waals surface area contributed by atoms with Gasteiger partial charge in [-0.2, -0.15) is 0 Å². The van der Waals surface area contributed by atoms with Crippen molar-refractivity contribution >= 4 is 23.0 Å². The van der Waals surface area contributed by atoms with Crippen LogP contribution in [0.4, 0.5) is 0 Å². The number of hydrogen-bond acceptors (Lipinski definition) is 7. The quantitative estimate of drug-likeness (QED) is 0.347. The molecular formula is C27H22N2O5S. The minimum absolute atomic E-state index is 0.0146. The number of ketones is 1. The molecule has 0 fully saturated rings. The summed E-state index contributed by atoms with van der Waals surface area (Å²) in [6, 6.07) is 19.3. The van der Waals surface area contributed by atoms with Crippen LogP contribution in [-0.4, -0.2) is 33.8 Å². The van der Waals surface area contributed by atoms with Crippen LogP contribution in [0.15, 0.2) is 88.7 Å². The lowest BCUT2D eigenvalue weighted by Crippen LogP contribution is -2.30. The zero-order valence-electron chi connectivity index (χ0n) is 19.1. The van der Waals surface area contributed by atoms with E-state index in [4.69, 9.17) is 9.15 Å². The van der Waals surface area contributed by atoms with Crippen LogP contribution in [0.3, 0.4) is 0 Å². The number of methoxy groups -OCH3 is 1. The van der Waals surface area contributed by atoms with Crippen LogP contribution < -0.4 is 4.74 Å². The molecule has 1 aliphatic rings. The summed E-state index contributed by atoms with van der Waals surface area (Å²) in [6.45, 7) is 1.90. The van der Waals surface area contributed by atoms with Crippen molar-refractivity contribution in [2.24, 2.45) is 0 Å². The zero-order chi connectivity index (χ0) is 24.5. The molecule has 1 N–H and O–H groups in total. The Morgan fingerprint density at radius 3 is 2.66 bits per heavy atom. The standard InChI is InChI=1S/C27H22N2O5S/c1-16-25(35-26(28-16)18-9-4-3-5-10-18)23(30)21-22(20-12-7-13-34-20)29(27(32)24(21)31)15-17-8-6-11-19(14-17)33-2/h3-14,22,31H,15H2,1-2H3. The Morgan fingerprint density at radius 2 is 1.94 bits per heavy atom. The maximum Gasteiger partial charge on any atom is 0.290 e. The second-order valence-corrected chi connectivity index (χ2v) is 9.09. The number of aliphatic hydroxyl groups is 1. The third-order valence-corrected chi connectivity index (χ3v) is 7.08. The molecule has 3 heterocycles. The van der Waals surface area contributed by atoms with Crippen LogP contribution in [0.2, 0.25) is 0 Å². The fraction of sp³-hybridized carbons (Fsp3) is 0.148. The molecule has 8 heteroatoms. The normalized spacial score (nSPS) is 15.7. The molecule has 7 nitrogen and oxygen atoms in total. The molecule has 0 saturated carbocycles. The van der Waals surface area contributed by atoms with Crippen molar-refractivity contribution in [2.45, 2.75) is 19.5 Å².